The first kappa shape index (κ1) is 31.1. The summed E-state index contributed by atoms with van der Waals surface area (Å²) < 4.78 is 34.0. The summed E-state index contributed by atoms with van der Waals surface area (Å²) in [5, 5.41) is 9.69. The van der Waals surface area contributed by atoms with Crippen molar-refractivity contribution < 1.29 is 22.7 Å². The third kappa shape index (κ3) is 6.61. The lowest BCUT2D eigenvalue weighted by molar-refractivity contribution is 0.0993. The van der Waals surface area contributed by atoms with Crippen molar-refractivity contribution in [1.29, 1.82) is 0 Å². The predicted molar refractivity (Wildman–Crippen MR) is 157 cm³/mol. The molecule has 1 aliphatic rings. The Hall–Kier alpha value is -3.88. The second kappa shape index (κ2) is 12.5. The number of aromatic amines is 1. The third-order valence-corrected chi connectivity index (χ3v) is 9.02. The largest absolute Gasteiger partial charge is 0.476 e. The SMILES string of the molecule is CCOc1ncc(S(=O)(=O)N2CCN(CC)CC2)cc1NC(=O)c1cccnc1C(c1cc(C(N)=O)n[nH]1)C(C)(C)C. The summed E-state index contributed by atoms with van der Waals surface area (Å²) in [7, 11) is -3.85. The molecular formula is C28H38N8O5S. The summed E-state index contributed by atoms with van der Waals surface area (Å²) >= 11 is 0. The Morgan fingerprint density at radius 2 is 1.86 bits per heavy atom. The van der Waals surface area contributed by atoms with E-state index < -0.39 is 33.2 Å². The zero-order valence-electron chi connectivity index (χ0n) is 24.5. The van der Waals surface area contributed by atoms with Gasteiger partial charge in [0, 0.05) is 44.0 Å². The number of piperazine rings is 1. The number of sulfonamides is 1. The van der Waals surface area contributed by atoms with E-state index >= 15 is 0 Å². The first-order chi connectivity index (χ1) is 19.9. The fourth-order valence-corrected chi connectivity index (χ4v) is 6.41. The molecule has 1 atom stereocenters. The van der Waals surface area contributed by atoms with Crippen LogP contribution in [0.4, 0.5) is 5.69 Å². The lowest BCUT2D eigenvalue weighted by Crippen LogP contribution is -2.48. The maximum absolute atomic E-state index is 13.8. The number of nitrogens with one attached hydrogen (secondary N) is 2. The molecule has 3 aromatic rings. The predicted octanol–water partition coefficient (Wildman–Crippen LogP) is 2.45. The molecule has 3 aromatic heterocycles. The van der Waals surface area contributed by atoms with Crippen LogP contribution in [-0.4, -0.2) is 88.9 Å². The fraction of sp³-hybridized carbons (Fsp3) is 0.464. The molecule has 0 aliphatic carbocycles. The number of likely N-dealkylation sites (N-methyl/N-ethyl adjacent to an activating group) is 1. The van der Waals surface area contributed by atoms with Crippen molar-refractivity contribution in [2.24, 2.45) is 11.1 Å². The molecule has 0 radical (unpaired) electrons. The van der Waals surface area contributed by atoms with Gasteiger partial charge in [-0.3, -0.25) is 19.7 Å². The van der Waals surface area contributed by atoms with Crippen molar-refractivity contribution in [3.8, 4) is 5.88 Å². The van der Waals surface area contributed by atoms with Gasteiger partial charge in [-0.25, -0.2) is 13.4 Å². The number of primary amides is 1. The van der Waals surface area contributed by atoms with E-state index in [9.17, 15) is 18.0 Å². The number of hydrogen-bond acceptors (Lipinski definition) is 9. The summed E-state index contributed by atoms with van der Waals surface area (Å²) in [5.74, 6) is -1.59. The van der Waals surface area contributed by atoms with E-state index in [0.717, 1.165) is 6.54 Å². The average molecular weight is 599 g/mol. The zero-order valence-corrected chi connectivity index (χ0v) is 25.4. The van der Waals surface area contributed by atoms with Gasteiger partial charge in [-0.1, -0.05) is 27.7 Å². The first-order valence-corrected chi connectivity index (χ1v) is 15.3. The summed E-state index contributed by atoms with van der Waals surface area (Å²) in [5.41, 5.74) is 6.40. The molecule has 42 heavy (non-hydrogen) atoms. The van der Waals surface area contributed by atoms with Crippen molar-refractivity contribution in [1.82, 2.24) is 29.4 Å². The topological polar surface area (TPSA) is 176 Å². The van der Waals surface area contributed by atoms with Gasteiger partial charge in [0.15, 0.2) is 0 Å². The van der Waals surface area contributed by atoms with Crippen LogP contribution < -0.4 is 15.8 Å². The Morgan fingerprint density at radius 1 is 1.14 bits per heavy atom. The van der Waals surface area contributed by atoms with Crippen LogP contribution in [0, 0.1) is 5.41 Å². The highest BCUT2D eigenvalue weighted by Gasteiger charge is 2.35. The normalized spacial score (nSPS) is 15.7. The number of anilines is 1. The van der Waals surface area contributed by atoms with Crippen LogP contribution in [0.3, 0.4) is 0 Å². The molecule has 2 amide bonds. The smallest absolute Gasteiger partial charge is 0.269 e. The van der Waals surface area contributed by atoms with Gasteiger partial charge in [0.2, 0.25) is 15.9 Å². The highest BCUT2D eigenvalue weighted by Crippen LogP contribution is 2.40. The van der Waals surface area contributed by atoms with Crippen LogP contribution in [0.2, 0.25) is 0 Å². The molecule has 0 bridgehead atoms. The molecule has 0 aromatic carbocycles. The van der Waals surface area contributed by atoms with Crippen molar-refractivity contribution in [3.05, 3.63) is 59.3 Å². The molecule has 4 N–H and O–H groups in total. The Labute approximate surface area is 245 Å². The van der Waals surface area contributed by atoms with Crippen molar-refractivity contribution >= 4 is 27.5 Å². The van der Waals surface area contributed by atoms with Gasteiger partial charge in [-0.15, -0.1) is 0 Å². The van der Waals surface area contributed by atoms with E-state index in [1.54, 1.807) is 31.3 Å². The van der Waals surface area contributed by atoms with Gasteiger partial charge >= 0.3 is 0 Å². The Balaban J connectivity index is 1.70. The molecule has 4 rings (SSSR count). The number of amides is 2. The van der Waals surface area contributed by atoms with Crippen molar-refractivity contribution in [2.75, 3.05) is 44.6 Å². The number of carbonyl (C=O) groups is 2. The van der Waals surface area contributed by atoms with E-state index in [-0.39, 0.29) is 34.3 Å². The van der Waals surface area contributed by atoms with Crippen LogP contribution in [0.25, 0.3) is 0 Å². The molecule has 226 valence electrons. The van der Waals surface area contributed by atoms with Gasteiger partial charge < -0.3 is 20.7 Å². The number of pyridine rings is 2. The molecule has 13 nitrogen and oxygen atoms in total. The number of H-pyrrole nitrogens is 1. The quantitative estimate of drug-likeness (QED) is 0.316. The van der Waals surface area contributed by atoms with Crippen LogP contribution in [0.15, 0.2) is 41.6 Å². The molecule has 1 unspecified atom stereocenters. The number of ether oxygens (including phenoxy) is 1. The monoisotopic (exact) mass is 598 g/mol. The lowest BCUT2D eigenvalue weighted by atomic mass is 9.75. The maximum atomic E-state index is 13.8. The molecule has 0 spiro atoms. The molecule has 4 heterocycles. The molecular weight excluding hydrogens is 560 g/mol. The van der Waals surface area contributed by atoms with E-state index in [2.05, 4.69) is 30.4 Å². The standard InChI is InChI=1S/C28H38N8O5S/c1-6-35-11-13-36(14-12-35)42(39,40)18-15-22(27(31-17-18)41-7-2)32-26(38)19-9-8-10-30-24(19)23(28(3,4)5)20-16-21(25(29)37)34-33-20/h8-10,15-17,23H,6-7,11-14H2,1-5H3,(H2,29,37)(H,32,38)(H,33,34). The first-order valence-electron chi connectivity index (χ1n) is 13.8. The summed E-state index contributed by atoms with van der Waals surface area (Å²) in [6.07, 6.45) is 2.83. The van der Waals surface area contributed by atoms with E-state index in [1.807, 2.05) is 27.7 Å². The number of nitrogens with two attached hydrogens (primary N) is 1. The van der Waals surface area contributed by atoms with Gasteiger partial charge in [-0.05, 0) is 43.1 Å². The second-order valence-corrected chi connectivity index (χ2v) is 13.0. The Kier molecular flexibility index (Phi) is 9.28. The minimum atomic E-state index is -3.85. The van der Waals surface area contributed by atoms with E-state index in [1.165, 1.54) is 16.6 Å². The Morgan fingerprint density at radius 3 is 2.45 bits per heavy atom. The number of aromatic nitrogens is 4. The number of rotatable bonds is 10. The molecule has 0 saturated carbocycles. The fourth-order valence-electron chi connectivity index (χ4n) is 5.01. The third-order valence-electron chi connectivity index (χ3n) is 7.16. The van der Waals surface area contributed by atoms with Gasteiger partial charge in [0.05, 0.1) is 24.1 Å². The highest BCUT2D eigenvalue weighted by atomic mass is 32.2. The van der Waals surface area contributed by atoms with Gasteiger partial charge in [-0.2, -0.15) is 9.40 Å². The molecule has 1 fully saturated rings. The lowest BCUT2D eigenvalue weighted by Gasteiger charge is -2.33. The number of hydrogen-bond donors (Lipinski definition) is 3. The average Bonchev–Trinajstić information content (AvgIpc) is 3.43. The summed E-state index contributed by atoms with van der Waals surface area (Å²) in [4.78, 5) is 36.4. The van der Waals surface area contributed by atoms with Crippen molar-refractivity contribution in [2.45, 2.75) is 45.4 Å². The van der Waals surface area contributed by atoms with E-state index in [4.69, 9.17) is 10.5 Å². The Bertz CT molecular complexity index is 1540. The van der Waals surface area contributed by atoms with Gasteiger partial charge in [0.1, 0.15) is 16.3 Å². The zero-order chi connectivity index (χ0) is 30.7. The molecule has 14 heteroatoms. The van der Waals surface area contributed by atoms with Crippen LogP contribution in [-0.2, 0) is 10.0 Å². The highest BCUT2D eigenvalue weighted by molar-refractivity contribution is 7.89. The van der Waals surface area contributed by atoms with Crippen LogP contribution in [0.5, 0.6) is 5.88 Å². The van der Waals surface area contributed by atoms with Crippen LogP contribution in [0.1, 0.15) is 72.8 Å². The van der Waals surface area contributed by atoms with Gasteiger partial charge in [0.25, 0.3) is 11.8 Å². The minimum absolute atomic E-state index is 0.0402. The second-order valence-electron chi connectivity index (χ2n) is 11.1. The summed E-state index contributed by atoms with van der Waals surface area (Å²) in [6, 6.07) is 6.20. The number of carbonyl (C=O) groups excluding carboxylic acids is 2. The van der Waals surface area contributed by atoms with Crippen LogP contribution >= 0.6 is 0 Å². The maximum Gasteiger partial charge on any atom is 0.269 e. The molecule has 1 saturated heterocycles. The van der Waals surface area contributed by atoms with E-state index in [0.29, 0.717) is 37.6 Å². The number of nitrogens with zero attached hydrogens (tertiary/aromatic N) is 5. The minimum Gasteiger partial charge on any atom is -0.476 e. The van der Waals surface area contributed by atoms with Crippen molar-refractivity contribution in [3.63, 3.8) is 0 Å². The molecule has 1 aliphatic heterocycles. The summed E-state index contributed by atoms with van der Waals surface area (Å²) in [6.45, 7) is 12.9.